The summed E-state index contributed by atoms with van der Waals surface area (Å²) in [5.74, 6) is 0.485. The summed E-state index contributed by atoms with van der Waals surface area (Å²) in [5, 5.41) is 1.08. The molecule has 2 heterocycles. The van der Waals surface area contributed by atoms with Crippen LogP contribution in [0.1, 0.15) is 18.9 Å². The van der Waals surface area contributed by atoms with Crippen LogP contribution in [0.5, 0.6) is 0 Å². The van der Waals surface area contributed by atoms with Gasteiger partial charge in [-0.2, -0.15) is 0 Å². The molecule has 0 saturated heterocycles. The average Bonchev–Trinajstić information content (AvgIpc) is 2.83. The third-order valence-electron chi connectivity index (χ3n) is 3.30. The maximum absolute atomic E-state index is 6.01. The monoisotopic (exact) mass is 252 g/mol. The van der Waals surface area contributed by atoms with Crippen LogP contribution >= 0.6 is 0 Å². The minimum Gasteiger partial charge on any atom is -0.382 e. The Bertz CT molecular complexity index is 771. The molecule has 0 unspecified atom stereocenters. The van der Waals surface area contributed by atoms with Crippen molar-refractivity contribution >= 4 is 33.8 Å². The van der Waals surface area contributed by atoms with Gasteiger partial charge in [0.2, 0.25) is 0 Å². The van der Waals surface area contributed by atoms with Crippen molar-refractivity contribution in [3.8, 4) is 0 Å². The second-order valence-corrected chi connectivity index (χ2v) is 4.61. The van der Waals surface area contributed by atoms with Gasteiger partial charge in [0, 0.05) is 11.9 Å². The molecular formula is C15H16N4. The SMILES string of the molecule is C=Cc1ccc2c(c1)nc(N)c1ncn(CCC)c12. The lowest BCUT2D eigenvalue weighted by Gasteiger charge is -2.07. The van der Waals surface area contributed by atoms with Crippen LogP contribution in [0.3, 0.4) is 0 Å². The zero-order valence-electron chi connectivity index (χ0n) is 10.9. The van der Waals surface area contributed by atoms with E-state index in [1.54, 1.807) is 0 Å². The van der Waals surface area contributed by atoms with Crippen molar-refractivity contribution in [2.45, 2.75) is 19.9 Å². The van der Waals surface area contributed by atoms with E-state index in [1.165, 1.54) is 0 Å². The highest BCUT2D eigenvalue weighted by Gasteiger charge is 2.11. The van der Waals surface area contributed by atoms with E-state index in [-0.39, 0.29) is 0 Å². The van der Waals surface area contributed by atoms with Crippen molar-refractivity contribution in [1.82, 2.24) is 14.5 Å². The van der Waals surface area contributed by atoms with Gasteiger partial charge in [0.05, 0.1) is 17.4 Å². The maximum atomic E-state index is 6.01. The molecule has 2 N–H and O–H groups in total. The number of pyridine rings is 1. The first-order valence-electron chi connectivity index (χ1n) is 6.41. The summed E-state index contributed by atoms with van der Waals surface area (Å²) in [5.41, 5.74) is 9.80. The topological polar surface area (TPSA) is 56.7 Å². The maximum Gasteiger partial charge on any atom is 0.152 e. The molecule has 4 heteroatoms. The molecule has 3 aromatic rings. The van der Waals surface area contributed by atoms with Crippen molar-refractivity contribution in [1.29, 1.82) is 0 Å². The molecule has 0 aliphatic carbocycles. The van der Waals surface area contributed by atoms with E-state index in [4.69, 9.17) is 5.73 Å². The molecule has 0 aliphatic rings. The van der Waals surface area contributed by atoms with Gasteiger partial charge in [0.15, 0.2) is 5.82 Å². The fraction of sp³-hybridized carbons (Fsp3) is 0.200. The van der Waals surface area contributed by atoms with Crippen molar-refractivity contribution in [3.63, 3.8) is 0 Å². The number of hydrogen-bond acceptors (Lipinski definition) is 3. The molecule has 2 aromatic heterocycles. The molecule has 0 spiro atoms. The number of imidazole rings is 1. The summed E-state index contributed by atoms with van der Waals surface area (Å²) in [6, 6.07) is 6.10. The van der Waals surface area contributed by atoms with Crippen LogP contribution in [0.4, 0.5) is 5.82 Å². The standard InChI is InChI=1S/C15H16N4/c1-3-7-19-9-17-13-14(19)11-6-5-10(4-2)8-12(11)18-15(13)16/h4-6,8-9H,2-3,7H2,1H3,(H2,16,18). The molecule has 0 atom stereocenters. The predicted octanol–water partition coefficient (Wildman–Crippen LogP) is 3.22. The zero-order valence-corrected chi connectivity index (χ0v) is 10.9. The molecule has 3 rings (SSSR count). The predicted molar refractivity (Wildman–Crippen MR) is 79.8 cm³/mol. The fourth-order valence-corrected chi connectivity index (χ4v) is 2.41. The lowest BCUT2D eigenvalue weighted by molar-refractivity contribution is 0.698. The van der Waals surface area contributed by atoms with Gasteiger partial charge in [0.1, 0.15) is 5.52 Å². The van der Waals surface area contributed by atoms with Crippen LogP contribution in [-0.2, 0) is 6.54 Å². The van der Waals surface area contributed by atoms with Gasteiger partial charge in [-0.25, -0.2) is 9.97 Å². The highest BCUT2D eigenvalue weighted by Crippen LogP contribution is 2.28. The number of nitrogen functional groups attached to an aromatic ring is 1. The summed E-state index contributed by atoms with van der Waals surface area (Å²) in [7, 11) is 0. The first kappa shape index (κ1) is 11.7. The number of anilines is 1. The van der Waals surface area contributed by atoms with Crippen LogP contribution in [0.15, 0.2) is 31.1 Å². The van der Waals surface area contributed by atoms with E-state index in [9.17, 15) is 0 Å². The molecular weight excluding hydrogens is 236 g/mol. The smallest absolute Gasteiger partial charge is 0.152 e. The van der Waals surface area contributed by atoms with Crippen molar-refractivity contribution in [2.24, 2.45) is 0 Å². The quantitative estimate of drug-likeness (QED) is 0.778. The normalized spacial score (nSPS) is 11.2. The number of nitrogens with two attached hydrogens (primary N) is 1. The van der Waals surface area contributed by atoms with Crippen LogP contribution < -0.4 is 5.73 Å². The summed E-state index contributed by atoms with van der Waals surface area (Å²) in [4.78, 5) is 8.82. The van der Waals surface area contributed by atoms with Crippen LogP contribution in [0.25, 0.3) is 28.0 Å². The van der Waals surface area contributed by atoms with Crippen molar-refractivity contribution < 1.29 is 0 Å². The van der Waals surface area contributed by atoms with Crippen molar-refractivity contribution in [2.75, 3.05) is 5.73 Å². The lowest BCUT2D eigenvalue weighted by atomic mass is 10.1. The van der Waals surface area contributed by atoms with Gasteiger partial charge >= 0.3 is 0 Å². The van der Waals surface area contributed by atoms with E-state index in [0.717, 1.165) is 40.5 Å². The lowest BCUT2D eigenvalue weighted by Crippen LogP contribution is -1.98. The largest absolute Gasteiger partial charge is 0.382 e. The zero-order chi connectivity index (χ0) is 13.4. The number of aromatic nitrogens is 3. The fourth-order valence-electron chi connectivity index (χ4n) is 2.41. The Morgan fingerprint density at radius 1 is 1.42 bits per heavy atom. The highest BCUT2D eigenvalue weighted by atomic mass is 15.1. The van der Waals surface area contributed by atoms with Crippen LogP contribution in [0, 0.1) is 0 Å². The molecule has 0 saturated carbocycles. The number of benzene rings is 1. The van der Waals surface area contributed by atoms with E-state index in [2.05, 4.69) is 34.1 Å². The van der Waals surface area contributed by atoms with E-state index < -0.39 is 0 Å². The summed E-state index contributed by atoms with van der Waals surface area (Å²) in [6.07, 6.45) is 4.71. The minimum absolute atomic E-state index is 0.485. The molecule has 0 fully saturated rings. The Kier molecular flexibility index (Phi) is 2.71. The highest BCUT2D eigenvalue weighted by molar-refractivity contribution is 6.06. The number of aryl methyl sites for hydroxylation is 1. The van der Waals surface area contributed by atoms with Gasteiger partial charge in [-0.1, -0.05) is 31.7 Å². The Hall–Kier alpha value is -2.36. The first-order chi connectivity index (χ1) is 9.24. The number of nitrogens with zero attached hydrogens (tertiary/aromatic N) is 3. The third-order valence-corrected chi connectivity index (χ3v) is 3.30. The molecule has 0 aliphatic heterocycles. The Morgan fingerprint density at radius 2 is 2.26 bits per heavy atom. The molecule has 1 aromatic carbocycles. The molecule has 0 bridgehead atoms. The summed E-state index contributed by atoms with van der Waals surface area (Å²) >= 11 is 0. The number of hydrogen-bond donors (Lipinski definition) is 1. The molecule has 4 nitrogen and oxygen atoms in total. The van der Waals surface area contributed by atoms with Crippen LogP contribution in [0.2, 0.25) is 0 Å². The Labute approximate surface area is 111 Å². The van der Waals surface area contributed by atoms with Crippen LogP contribution in [-0.4, -0.2) is 14.5 Å². The molecule has 96 valence electrons. The van der Waals surface area contributed by atoms with Gasteiger partial charge in [-0.05, 0) is 18.1 Å². The van der Waals surface area contributed by atoms with E-state index in [1.807, 2.05) is 24.5 Å². The van der Waals surface area contributed by atoms with Gasteiger partial charge in [0.25, 0.3) is 0 Å². The Balaban J connectivity index is 2.42. The summed E-state index contributed by atoms with van der Waals surface area (Å²) in [6.45, 7) is 6.86. The first-order valence-corrected chi connectivity index (χ1v) is 6.41. The Morgan fingerprint density at radius 3 is 3.00 bits per heavy atom. The minimum atomic E-state index is 0.485. The second kappa shape index (κ2) is 4.39. The molecule has 0 radical (unpaired) electrons. The van der Waals surface area contributed by atoms with E-state index >= 15 is 0 Å². The number of rotatable bonds is 3. The average molecular weight is 252 g/mol. The van der Waals surface area contributed by atoms with Gasteiger partial charge in [-0.3, -0.25) is 0 Å². The van der Waals surface area contributed by atoms with Gasteiger partial charge < -0.3 is 10.3 Å². The third kappa shape index (κ3) is 1.76. The van der Waals surface area contributed by atoms with E-state index in [0.29, 0.717) is 5.82 Å². The second-order valence-electron chi connectivity index (χ2n) is 4.61. The molecule has 19 heavy (non-hydrogen) atoms. The molecule has 0 amide bonds. The summed E-state index contributed by atoms with van der Waals surface area (Å²) < 4.78 is 2.14. The van der Waals surface area contributed by atoms with Gasteiger partial charge in [-0.15, -0.1) is 0 Å². The number of fused-ring (bicyclic) bond motifs is 3. The van der Waals surface area contributed by atoms with Crippen molar-refractivity contribution in [3.05, 3.63) is 36.7 Å².